The van der Waals surface area contributed by atoms with Crippen LogP contribution in [-0.2, 0) is 0 Å². The molecule has 0 fully saturated rings. The molecule has 0 radical (unpaired) electrons. The molecule has 0 saturated carbocycles. The van der Waals surface area contributed by atoms with Gasteiger partial charge >= 0.3 is 0 Å². The molecule has 2 heterocycles. The Morgan fingerprint density at radius 1 is 1.33 bits per heavy atom. The van der Waals surface area contributed by atoms with Crippen LogP contribution in [0.4, 0.5) is 5.69 Å². The van der Waals surface area contributed by atoms with E-state index in [4.69, 9.17) is 15.9 Å². The molecule has 0 aliphatic rings. The summed E-state index contributed by atoms with van der Waals surface area (Å²) in [6.07, 6.45) is -0.152. The number of rotatable bonds is 5. The maximum Gasteiger partial charge on any atom is 0.276 e. The number of nitro benzene ring substituents is 1. The van der Waals surface area contributed by atoms with Crippen LogP contribution in [0.25, 0.3) is 11.0 Å². The average molecular weight is 371 g/mol. The first-order chi connectivity index (χ1) is 12.9. The molecule has 0 aliphatic carbocycles. The zero-order valence-electron chi connectivity index (χ0n) is 13.6. The van der Waals surface area contributed by atoms with Crippen molar-refractivity contribution in [2.24, 2.45) is 21.7 Å². The molecule has 12 nitrogen and oxygen atoms in total. The van der Waals surface area contributed by atoms with Gasteiger partial charge in [0.05, 0.1) is 22.2 Å². The quantitative estimate of drug-likeness (QED) is 0.210. The van der Waals surface area contributed by atoms with Gasteiger partial charge in [-0.15, -0.1) is 10.2 Å². The molecule has 3 rings (SSSR count). The molecule has 0 unspecified atom stereocenters. The lowest BCUT2D eigenvalue weighted by Crippen LogP contribution is -2.26. The number of aliphatic hydroxyl groups excluding tert-OH is 1. The van der Waals surface area contributed by atoms with Gasteiger partial charge in [0.1, 0.15) is 11.5 Å². The van der Waals surface area contributed by atoms with Crippen LogP contribution in [0.5, 0.6) is 0 Å². The summed E-state index contributed by atoms with van der Waals surface area (Å²) < 4.78 is 5.12. The van der Waals surface area contributed by atoms with Gasteiger partial charge in [-0.1, -0.05) is 0 Å². The number of aromatic amines is 1. The molecule has 6 N–H and O–H groups in total. The zero-order chi connectivity index (χ0) is 19.6. The number of benzene rings is 1. The van der Waals surface area contributed by atoms with E-state index in [2.05, 4.69) is 20.2 Å². The second-order valence-electron chi connectivity index (χ2n) is 5.30. The average Bonchev–Trinajstić information content (AvgIpc) is 3.15. The fraction of sp³-hybridized carbons (Fsp3) is 0.0667. The van der Waals surface area contributed by atoms with E-state index < -0.39 is 22.5 Å². The van der Waals surface area contributed by atoms with Crippen LogP contribution >= 0.6 is 0 Å². The van der Waals surface area contributed by atoms with Crippen LogP contribution in [0.15, 0.2) is 56.0 Å². The summed E-state index contributed by atoms with van der Waals surface area (Å²) >= 11 is 0. The van der Waals surface area contributed by atoms with E-state index in [1.165, 1.54) is 36.6 Å². The fourth-order valence-electron chi connectivity index (χ4n) is 2.29. The largest absolute Gasteiger partial charge is 0.466 e. The van der Waals surface area contributed by atoms with Gasteiger partial charge in [-0.05, 0) is 18.2 Å². The number of hydrogen-bond acceptors (Lipinski definition) is 8. The van der Waals surface area contributed by atoms with Crippen LogP contribution in [0, 0.1) is 10.1 Å². The summed E-state index contributed by atoms with van der Waals surface area (Å²) in [7, 11) is 0. The van der Waals surface area contributed by atoms with Crippen molar-refractivity contribution in [2.75, 3.05) is 0 Å². The Hall–Kier alpha value is -4.06. The predicted molar refractivity (Wildman–Crippen MR) is 95.0 cm³/mol. The molecule has 2 aromatic heterocycles. The van der Waals surface area contributed by atoms with Crippen molar-refractivity contribution in [3.63, 3.8) is 0 Å². The first-order valence-electron chi connectivity index (χ1n) is 7.43. The maximum absolute atomic E-state index is 12.5. The summed E-state index contributed by atoms with van der Waals surface area (Å²) in [6, 6.07) is 6.75. The lowest BCUT2D eigenvalue weighted by molar-refractivity contribution is -0.384. The van der Waals surface area contributed by atoms with Gasteiger partial charge in [0, 0.05) is 12.1 Å². The monoisotopic (exact) mass is 371 g/mol. The van der Waals surface area contributed by atoms with Crippen molar-refractivity contribution in [1.82, 2.24) is 9.97 Å². The maximum atomic E-state index is 12.5. The highest BCUT2D eigenvalue weighted by molar-refractivity contribution is 6.03. The minimum absolute atomic E-state index is 0.0875. The van der Waals surface area contributed by atoms with E-state index in [0.29, 0.717) is 0 Å². The third kappa shape index (κ3) is 3.64. The van der Waals surface area contributed by atoms with Crippen LogP contribution in [0.1, 0.15) is 17.6 Å². The minimum atomic E-state index is -1.48. The normalized spacial score (nSPS) is 12.7. The van der Waals surface area contributed by atoms with Gasteiger partial charge in [0.2, 0.25) is 5.96 Å². The highest BCUT2D eigenvalue weighted by Crippen LogP contribution is 2.20. The first-order valence-corrected chi connectivity index (χ1v) is 7.43. The SMILES string of the molecule is NC(N)=N/N=C(\c1nc2ccc([N+](=O)[O-])cc2[nH]c1=O)[C@H](O)c1ccco1. The first kappa shape index (κ1) is 17.8. The number of hydrogen-bond donors (Lipinski definition) is 4. The van der Waals surface area contributed by atoms with Gasteiger partial charge in [-0.25, -0.2) is 4.98 Å². The summed E-state index contributed by atoms with van der Waals surface area (Å²) in [5, 5.41) is 28.5. The number of fused-ring (bicyclic) bond motifs is 1. The molecule has 0 aliphatic heterocycles. The summed E-state index contributed by atoms with van der Waals surface area (Å²) in [5.74, 6) is -0.309. The van der Waals surface area contributed by atoms with Gasteiger partial charge in [-0.2, -0.15) is 0 Å². The van der Waals surface area contributed by atoms with Crippen LogP contribution in [-0.4, -0.2) is 31.7 Å². The summed E-state index contributed by atoms with van der Waals surface area (Å²) in [5.41, 5.74) is 9.39. The summed E-state index contributed by atoms with van der Waals surface area (Å²) in [4.78, 5) is 29.3. The van der Waals surface area contributed by atoms with Crippen LogP contribution in [0.2, 0.25) is 0 Å². The molecule has 0 spiro atoms. The van der Waals surface area contributed by atoms with Crippen molar-refractivity contribution in [1.29, 1.82) is 0 Å². The highest BCUT2D eigenvalue weighted by atomic mass is 16.6. The Morgan fingerprint density at radius 2 is 2.11 bits per heavy atom. The second kappa shape index (κ2) is 7.05. The standard InChI is InChI=1S/C15H13N7O5/c16-15(17)21-20-11(13(23)10-2-1-5-27-10)12-14(24)19-9-6-7(22(25)26)3-4-8(9)18-12/h1-6,13,23H,(H,19,24)(H4,16,17,21)/b20-11+/t13-/m1/s1. The lowest BCUT2D eigenvalue weighted by atomic mass is 10.1. The van der Waals surface area contributed by atoms with E-state index in [-0.39, 0.29) is 33.9 Å². The Bertz CT molecular complexity index is 1110. The fourth-order valence-corrected chi connectivity index (χ4v) is 2.29. The molecular formula is C15H13N7O5. The van der Waals surface area contributed by atoms with Gasteiger partial charge in [0.25, 0.3) is 11.2 Å². The number of nitrogens with one attached hydrogen (secondary N) is 1. The Labute approximate surface area is 150 Å². The highest BCUT2D eigenvalue weighted by Gasteiger charge is 2.25. The van der Waals surface area contributed by atoms with Crippen LogP contribution in [0.3, 0.4) is 0 Å². The van der Waals surface area contributed by atoms with E-state index in [1.807, 2.05) is 0 Å². The molecule has 27 heavy (non-hydrogen) atoms. The number of guanidine groups is 1. The van der Waals surface area contributed by atoms with E-state index >= 15 is 0 Å². The molecular weight excluding hydrogens is 358 g/mol. The van der Waals surface area contributed by atoms with E-state index in [1.54, 1.807) is 0 Å². The number of nitrogens with zero attached hydrogens (tertiary/aromatic N) is 4. The number of nitro groups is 1. The molecule has 138 valence electrons. The minimum Gasteiger partial charge on any atom is -0.466 e. The third-order valence-electron chi connectivity index (χ3n) is 3.47. The number of non-ortho nitro benzene ring substituents is 1. The Balaban J connectivity index is 2.18. The molecule has 0 bridgehead atoms. The molecule has 1 aromatic carbocycles. The van der Waals surface area contributed by atoms with Crippen molar-refractivity contribution >= 4 is 28.4 Å². The number of furan rings is 1. The van der Waals surface area contributed by atoms with E-state index in [0.717, 1.165) is 0 Å². The van der Waals surface area contributed by atoms with Crippen molar-refractivity contribution < 1.29 is 14.4 Å². The molecule has 0 amide bonds. The topological polar surface area (TPSA) is 199 Å². The number of nitrogens with two attached hydrogens (primary N) is 2. The smallest absolute Gasteiger partial charge is 0.276 e. The molecule has 3 aromatic rings. The van der Waals surface area contributed by atoms with Crippen LogP contribution < -0.4 is 17.0 Å². The van der Waals surface area contributed by atoms with Crippen molar-refractivity contribution in [3.05, 3.63) is 68.5 Å². The van der Waals surface area contributed by atoms with Gasteiger partial charge < -0.3 is 26.0 Å². The second-order valence-corrected chi connectivity index (χ2v) is 5.30. The predicted octanol–water partition coefficient (Wildman–Crippen LogP) is 0.135. The van der Waals surface area contributed by atoms with Crippen molar-refractivity contribution in [2.45, 2.75) is 6.10 Å². The zero-order valence-corrected chi connectivity index (χ0v) is 13.6. The van der Waals surface area contributed by atoms with E-state index in [9.17, 15) is 20.0 Å². The van der Waals surface area contributed by atoms with Crippen molar-refractivity contribution in [3.8, 4) is 0 Å². The van der Waals surface area contributed by atoms with Gasteiger partial charge in [0.15, 0.2) is 11.8 Å². The number of aliphatic hydroxyl groups is 1. The third-order valence-corrected chi connectivity index (χ3v) is 3.47. The molecule has 1 atom stereocenters. The van der Waals surface area contributed by atoms with Gasteiger partial charge in [-0.3, -0.25) is 14.9 Å². The Kier molecular flexibility index (Phi) is 4.64. The number of aromatic nitrogens is 2. The summed E-state index contributed by atoms with van der Waals surface area (Å²) in [6.45, 7) is 0. The Morgan fingerprint density at radius 3 is 2.74 bits per heavy atom. The number of H-pyrrole nitrogens is 1. The molecule has 12 heteroatoms. The lowest BCUT2D eigenvalue weighted by Gasteiger charge is -2.10. The molecule has 0 saturated heterocycles.